The monoisotopic (exact) mass is 436 g/mol. The molecule has 0 spiro atoms. The van der Waals surface area contributed by atoms with Gasteiger partial charge in [-0.3, -0.25) is 19.2 Å². The summed E-state index contributed by atoms with van der Waals surface area (Å²) >= 11 is 0. The fourth-order valence-corrected chi connectivity index (χ4v) is 3.46. The molecule has 0 N–H and O–H groups in total. The molecule has 33 heavy (non-hydrogen) atoms. The second kappa shape index (κ2) is 9.51. The summed E-state index contributed by atoms with van der Waals surface area (Å²) in [5.74, 6) is 0.655. The lowest BCUT2D eigenvalue weighted by Gasteiger charge is -2.21. The Kier molecular flexibility index (Phi) is 6.34. The van der Waals surface area contributed by atoms with Crippen molar-refractivity contribution in [1.29, 1.82) is 5.26 Å². The first-order valence-corrected chi connectivity index (χ1v) is 10.6. The molecule has 4 rings (SSSR count). The summed E-state index contributed by atoms with van der Waals surface area (Å²) in [7, 11) is 3.88. The summed E-state index contributed by atoms with van der Waals surface area (Å²) < 4.78 is 7.58. The molecule has 0 aliphatic rings. The second-order valence-corrected chi connectivity index (χ2v) is 7.87. The molecule has 6 heteroatoms. The van der Waals surface area contributed by atoms with E-state index in [1.165, 1.54) is 0 Å². The lowest BCUT2D eigenvalue weighted by molar-refractivity contribution is 0.0815. The van der Waals surface area contributed by atoms with E-state index in [9.17, 15) is 10.1 Å². The fraction of sp³-hybridized carbons (Fsp3) is 0.148. The molecule has 6 nitrogen and oxygen atoms in total. The molecule has 0 saturated carbocycles. The topological polar surface area (TPSA) is 71.1 Å². The van der Waals surface area contributed by atoms with E-state index in [-0.39, 0.29) is 11.8 Å². The third-order valence-corrected chi connectivity index (χ3v) is 5.45. The summed E-state index contributed by atoms with van der Waals surface area (Å²) in [6.45, 7) is 1.96. The van der Waals surface area contributed by atoms with Gasteiger partial charge in [-0.05, 0) is 57.4 Å². The van der Waals surface area contributed by atoms with Crippen LogP contribution in [0.1, 0.15) is 12.5 Å². The van der Waals surface area contributed by atoms with Crippen molar-refractivity contribution >= 4 is 0 Å². The van der Waals surface area contributed by atoms with Gasteiger partial charge in [0, 0.05) is 35.2 Å². The molecular formula is C27H24N4O2. The van der Waals surface area contributed by atoms with Crippen molar-refractivity contribution in [3.8, 4) is 39.9 Å². The van der Waals surface area contributed by atoms with Crippen LogP contribution in [0.5, 0.6) is 5.75 Å². The van der Waals surface area contributed by atoms with E-state index in [1.54, 1.807) is 41.2 Å². The van der Waals surface area contributed by atoms with Crippen LogP contribution in [0.2, 0.25) is 0 Å². The van der Waals surface area contributed by atoms with Crippen LogP contribution in [0.4, 0.5) is 0 Å². The third kappa shape index (κ3) is 4.69. The molecule has 0 bridgehead atoms. The van der Waals surface area contributed by atoms with Crippen LogP contribution in [-0.2, 0) is 0 Å². The summed E-state index contributed by atoms with van der Waals surface area (Å²) in [5.41, 5.74) is 3.40. The smallest absolute Gasteiger partial charge is 0.263 e. The molecule has 0 saturated heterocycles. The minimum atomic E-state index is -0.227. The van der Waals surface area contributed by atoms with E-state index >= 15 is 0 Å². The van der Waals surface area contributed by atoms with Gasteiger partial charge in [0.25, 0.3) is 5.56 Å². The van der Waals surface area contributed by atoms with Gasteiger partial charge in [-0.1, -0.05) is 30.3 Å². The predicted octanol–water partition coefficient (Wildman–Crippen LogP) is 4.72. The molecule has 2 aromatic carbocycles. The zero-order valence-corrected chi connectivity index (χ0v) is 18.8. The van der Waals surface area contributed by atoms with Gasteiger partial charge in [-0.2, -0.15) is 5.26 Å². The number of rotatable bonds is 6. The first-order chi connectivity index (χ1) is 16.0. The summed E-state index contributed by atoms with van der Waals surface area (Å²) in [4.78, 5) is 20.1. The maximum absolute atomic E-state index is 13.6. The van der Waals surface area contributed by atoms with Gasteiger partial charge in [0.05, 0.1) is 23.0 Å². The second-order valence-electron chi connectivity index (χ2n) is 7.87. The van der Waals surface area contributed by atoms with Crippen molar-refractivity contribution < 1.29 is 4.74 Å². The maximum atomic E-state index is 13.6. The zero-order chi connectivity index (χ0) is 23.4. The number of benzene rings is 2. The van der Waals surface area contributed by atoms with Gasteiger partial charge < -0.3 is 4.74 Å². The first-order valence-electron chi connectivity index (χ1n) is 10.6. The highest BCUT2D eigenvalue weighted by Crippen LogP contribution is 2.27. The average Bonchev–Trinajstić information content (AvgIpc) is 2.85. The van der Waals surface area contributed by atoms with Crippen LogP contribution in [0.15, 0.2) is 90.0 Å². The number of ether oxygens (including phenoxy) is 1. The maximum Gasteiger partial charge on any atom is 0.263 e. The molecule has 2 aromatic heterocycles. The molecule has 0 amide bonds. The van der Waals surface area contributed by atoms with Crippen LogP contribution in [0.25, 0.3) is 28.1 Å². The van der Waals surface area contributed by atoms with Crippen molar-refractivity contribution in [2.45, 2.75) is 13.2 Å². The van der Waals surface area contributed by atoms with Crippen molar-refractivity contribution in [2.24, 2.45) is 0 Å². The Morgan fingerprint density at radius 2 is 1.79 bits per heavy atom. The number of hydrogen-bond donors (Lipinski definition) is 0. The zero-order valence-electron chi connectivity index (χ0n) is 18.8. The van der Waals surface area contributed by atoms with E-state index in [2.05, 4.69) is 11.1 Å². The standard InChI is InChI=1S/C27H24N4O2/c1-19(30(2)3)33-23-11-8-10-22(16-23)31-18-21(26-13-6-7-14-29-26)15-25(27(31)32)24-12-5-4-9-20(24)17-28/h4-16,18-19H,1-3H3. The number of nitrogens with zero attached hydrogens (tertiary/aromatic N) is 4. The molecule has 1 unspecified atom stereocenters. The Labute approximate surface area is 193 Å². The number of aromatic nitrogens is 2. The molecule has 164 valence electrons. The highest BCUT2D eigenvalue weighted by Gasteiger charge is 2.15. The molecule has 0 fully saturated rings. The molecule has 1 atom stereocenters. The molecule has 0 aliphatic carbocycles. The molecular weight excluding hydrogens is 412 g/mol. The van der Waals surface area contributed by atoms with Crippen molar-refractivity contribution in [3.05, 3.63) is 101 Å². The Balaban J connectivity index is 1.92. The van der Waals surface area contributed by atoms with E-state index in [0.29, 0.717) is 28.1 Å². The number of nitriles is 1. The Hall–Kier alpha value is -4.21. The summed E-state index contributed by atoms with van der Waals surface area (Å²) in [5, 5.41) is 9.62. The minimum Gasteiger partial charge on any atom is -0.475 e. The van der Waals surface area contributed by atoms with Gasteiger partial charge in [0.1, 0.15) is 12.0 Å². The Bertz CT molecular complexity index is 1370. The van der Waals surface area contributed by atoms with E-state index in [0.717, 1.165) is 11.3 Å². The van der Waals surface area contributed by atoms with Gasteiger partial charge in [-0.25, -0.2) is 0 Å². The van der Waals surface area contributed by atoms with Crippen LogP contribution in [0, 0.1) is 11.3 Å². The Morgan fingerprint density at radius 1 is 1.00 bits per heavy atom. The fourth-order valence-electron chi connectivity index (χ4n) is 3.46. The van der Waals surface area contributed by atoms with E-state index in [4.69, 9.17) is 4.74 Å². The summed E-state index contributed by atoms with van der Waals surface area (Å²) in [6.07, 6.45) is 3.36. The van der Waals surface area contributed by atoms with Gasteiger partial charge in [0.15, 0.2) is 0 Å². The molecule has 4 aromatic rings. The van der Waals surface area contributed by atoms with Gasteiger partial charge >= 0.3 is 0 Å². The van der Waals surface area contributed by atoms with Crippen molar-refractivity contribution in [3.63, 3.8) is 0 Å². The largest absolute Gasteiger partial charge is 0.475 e. The van der Waals surface area contributed by atoms with Gasteiger partial charge in [-0.15, -0.1) is 0 Å². The van der Waals surface area contributed by atoms with Crippen molar-refractivity contribution in [2.75, 3.05) is 14.1 Å². The molecule has 0 radical (unpaired) electrons. The van der Waals surface area contributed by atoms with Crippen LogP contribution in [-0.4, -0.2) is 34.8 Å². The van der Waals surface area contributed by atoms with E-state index in [1.807, 2.05) is 74.4 Å². The highest BCUT2D eigenvalue weighted by molar-refractivity contribution is 5.74. The van der Waals surface area contributed by atoms with Crippen molar-refractivity contribution in [1.82, 2.24) is 14.5 Å². The van der Waals surface area contributed by atoms with Gasteiger partial charge in [0.2, 0.25) is 0 Å². The molecule has 2 heterocycles. The quantitative estimate of drug-likeness (QED) is 0.409. The van der Waals surface area contributed by atoms with E-state index < -0.39 is 0 Å². The first kappa shape index (κ1) is 22.0. The number of pyridine rings is 2. The average molecular weight is 437 g/mol. The van der Waals surface area contributed by atoms with Crippen LogP contribution in [0.3, 0.4) is 0 Å². The number of hydrogen-bond acceptors (Lipinski definition) is 5. The third-order valence-electron chi connectivity index (χ3n) is 5.45. The normalized spacial score (nSPS) is 11.7. The van der Waals surface area contributed by atoms with Crippen LogP contribution >= 0.6 is 0 Å². The SMILES string of the molecule is CC(Oc1cccc(-n2cc(-c3ccccn3)cc(-c3ccccc3C#N)c2=O)c1)N(C)C. The lowest BCUT2D eigenvalue weighted by Crippen LogP contribution is -2.30. The van der Waals surface area contributed by atoms with Crippen LogP contribution < -0.4 is 10.3 Å². The lowest BCUT2D eigenvalue weighted by atomic mass is 9.99. The Morgan fingerprint density at radius 3 is 2.52 bits per heavy atom. The highest BCUT2D eigenvalue weighted by atomic mass is 16.5. The molecule has 0 aliphatic heterocycles. The minimum absolute atomic E-state index is 0.130. The summed E-state index contributed by atoms with van der Waals surface area (Å²) in [6, 6.07) is 24.2. The predicted molar refractivity (Wildman–Crippen MR) is 129 cm³/mol.